The molecule has 66 valence electrons. The van der Waals surface area contributed by atoms with Gasteiger partial charge in [0.05, 0.1) is 12.3 Å². The van der Waals surface area contributed by atoms with Crippen LogP contribution in [-0.4, -0.2) is 16.4 Å². The Kier molecular flexibility index (Phi) is 2.13. The highest BCUT2D eigenvalue weighted by atomic mass is 16.5. The highest BCUT2D eigenvalue weighted by Gasteiger charge is 2.16. The predicted molar refractivity (Wildman–Crippen MR) is 45.8 cm³/mol. The zero-order valence-corrected chi connectivity index (χ0v) is 7.36. The van der Waals surface area contributed by atoms with E-state index >= 15 is 0 Å². The van der Waals surface area contributed by atoms with Crippen molar-refractivity contribution in [1.82, 2.24) is 9.78 Å². The van der Waals surface area contributed by atoms with E-state index in [1.807, 2.05) is 24.1 Å². The monoisotopic (exact) mass is 166 g/mol. The molecule has 0 N–H and O–H groups in total. The first-order chi connectivity index (χ1) is 5.86. The summed E-state index contributed by atoms with van der Waals surface area (Å²) in [5, 5.41) is 4.13. The Balaban J connectivity index is 2.08. The van der Waals surface area contributed by atoms with Gasteiger partial charge in [0.2, 0.25) is 0 Å². The number of ether oxygens (including phenoxy) is 1. The molecule has 0 unspecified atom stereocenters. The fourth-order valence-corrected chi connectivity index (χ4v) is 1.61. The van der Waals surface area contributed by atoms with Crippen molar-refractivity contribution in [2.75, 3.05) is 6.61 Å². The van der Waals surface area contributed by atoms with Gasteiger partial charge in [-0.3, -0.25) is 4.68 Å². The van der Waals surface area contributed by atoms with Crippen molar-refractivity contribution in [3.05, 3.63) is 18.0 Å². The lowest BCUT2D eigenvalue weighted by Gasteiger charge is -2.21. The molecule has 0 bridgehead atoms. The molecule has 0 aromatic carbocycles. The first-order valence-corrected chi connectivity index (χ1v) is 4.46. The van der Waals surface area contributed by atoms with Crippen LogP contribution >= 0.6 is 0 Å². The molecule has 1 atom stereocenters. The molecule has 3 heteroatoms. The number of rotatable bonds is 1. The molecule has 0 spiro atoms. The number of hydrogen-bond acceptors (Lipinski definition) is 2. The van der Waals surface area contributed by atoms with Crippen LogP contribution in [0.5, 0.6) is 0 Å². The number of aromatic nitrogens is 2. The van der Waals surface area contributed by atoms with Crippen LogP contribution in [0, 0.1) is 0 Å². The van der Waals surface area contributed by atoms with Crippen LogP contribution in [0.2, 0.25) is 0 Å². The maximum absolute atomic E-state index is 5.62. The van der Waals surface area contributed by atoms with Gasteiger partial charge in [0.15, 0.2) is 0 Å². The first kappa shape index (κ1) is 7.80. The summed E-state index contributed by atoms with van der Waals surface area (Å²) in [5.74, 6) is 0. The van der Waals surface area contributed by atoms with Gasteiger partial charge in [-0.15, -0.1) is 0 Å². The molecule has 1 aliphatic heterocycles. The normalized spacial score (nSPS) is 24.2. The molecule has 0 amide bonds. The molecule has 1 aliphatic rings. The zero-order chi connectivity index (χ0) is 8.39. The molecule has 2 rings (SSSR count). The summed E-state index contributed by atoms with van der Waals surface area (Å²) in [6.45, 7) is 0.902. The average Bonchev–Trinajstić information content (AvgIpc) is 2.54. The fourth-order valence-electron chi connectivity index (χ4n) is 1.61. The van der Waals surface area contributed by atoms with Crippen molar-refractivity contribution in [1.29, 1.82) is 0 Å². The van der Waals surface area contributed by atoms with E-state index in [0.717, 1.165) is 13.0 Å². The van der Waals surface area contributed by atoms with Gasteiger partial charge in [0.1, 0.15) is 0 Å². The van der Waals surface area contributed by atoms with Crippen molar-refractivity contribution in [3.8, 4) is 0 Å². The lowest BCUT2D eigenvalue weighted by molar-refractivity contribution is 0.0149. The van der Waals surface area contributed by atoms with Crippen LogP contribution in [0.4, 0.5) is 0 Å². The third-order valence-corrected chi connectivity index (χ3v) is 2.28. The molecule has 1 fully saturated rings. The van der Waals surface area contributed by atoms with E-state index in [2.05, 4.69) is 5.10 Å². The van der Waals surface area contributed by atoms with Gasteiger partial charge in [-0.2, -0.15) is 5.10 Å². The minimum absolute atomic E-state index is 0.299. The number of aryl methyl sites for hydroxylation is 1. The van der Waals surface area contributed by atoms with Gasteiger partial charge in [0, 0.05) is 25.4 Å². The van der Waals surface area contributed by atoms with Crippen LogP contribution < -0.4 is 0 Å². The first-order valence-electron chi connectivity index (χ1n) is 4.46. The van der Waals surface area contributed by atoms with Gasteiger partial charge in [-0.05, 0) is 19.3 Å². The molecule has 1 saturated heterocycles. The Morgan fingerprint density at radius 2 is 2.50 bits per heavy atom. The summed E-state index contributed by atoms with van der Waals surface area (Å²) < 4.78 is 7.45. The van der Waals surface area contributed by atoms with Gasteiger partial charge in [0.25, 0.3) is 0 Å². The molecule has 0 aliphatic carbocycles. The molecular formula is C9H14N2O. The van der Waals surface area contributed by atoms with Crippen LogP contribution in [-0.2, 0) is 11.8 Å². The predicted octanol–water partition coefficient (Wildman–Crippen LogP) is 1.66. The number of hydrogen-bond donors (Lipinski definition) is 0. The largest absolute Gasteiger partial charge is 0.373 e. The van der Waals surface area contributed by atoms with Crippen LogP contribution in [0.1, 0.15) is 30.9 Å². The Labute approximate surface area is 72.3 Å². The Morgan fingerprint density at radius 1 is 1.58 bits per heavy atom. The van der Waals surface area contributed by atoms with Gasteiger partial charge < -0.3 is 4.74 Å². The van der Waals surface area contributed by atoms with Crippen molar-refractivity contribution in [3.63, 3.8) is 0 Å². The second-order valence-electron chi connectivity index (χ2n) is 3.30. The van der Waals surface area contributed by atoms with E-state index in [4.69, 9.17) is 4.74 Å². The van der Waals surface area contributed by atoms with E-state index in [0.29, 0.717) is 6.10 Å². The van der Waals surface area contributed by atoms with Crippen LogP contribution in [0.3, 0.4) is 0 Å². The Hall–Kier alpha value is -0.830. The van der Waals surface area contributed by atoms with Gasteiger partial charge >= 0.3 is 0 Å². The second kappa shape index (κ2) is 3.27. The van der Waals surface area contributed by atoms with Crippen LogP contribution in [0.25, 0.3) is 0 Å². The zero-order valence-electron chi connectivity index (χ0n) is 7.36. The average molecular weight is 166 g/mol. The summed E-state index contributed by atoms with van der Waals surface area (Å²) in [7, 11) is 1.94. The van der Waals surface area contributed by atoms with Crippen molar-refractivity contribution < 1.29 is 4.74 Å². The fraction of sp³-hybridized carbons (Fsp3) is 0.667. The molecule has 1 aromatic heterocycles. The summed E-state index contributed by atoms with van der Waals surface area (Å²) in [6.07, 6.45) is 7.86. The lowest BCUT2D eigenvalue weighted by atomic mass is 10.0. The van der Waals surface area contributed by atoms with Crippen molar-refractivity contribution in [2.24, 2.45) is 7.05 Å². The smallest absolute Gasteiger partial charge is 0.0855 e. The van der Waals surface area contributed by atoms with E-state index in [1.54, 1.807) is 0 Å². The number of nitrogens with zero attached hydrogens (tertiary/aromatic N) is 2. The van der Waals surface area contributed by atoms with E-state index in [1.165, 1.54) is 18.4 Å². The van der Waals surface area contributed by atoms with Gasteiger partial charge in [-0.1, -0.05) is 0 Å². The third kappa shape index (κ3) is 1.50. The molecule has 1 aromatic rings. The SMILES string of the molecule is Cn1cc([C@H]2CCCCO2)cn1. The van der Waals surface area contributed by atoms with E-state index in [-0.39, 0.29) is 0 Å². The highest BCUT2D eigenvalue weighted by Crippen LogP contribution is 2.26. The summed E-state index contributed by atoms with van der Waals surface area (Å²) >= 11 is 0. The molecule has 0 radical (unpaired) electrons. The maximum atomic E-state index is 5.62. The highest BCUT2D eigenvalue weighted by molar-refractivity contribution is 5.08. The minimum atomic E-state index is 0.299. The van der Waals surface area contributed by atoms with Crippen LogP contribution in [0.15, 0.2) is 12.4 Å². The van der Waals surface area contributed by atoms with Crippen molar-refractivity contribution in [2.45, 2.75) is 25.4 Å². The summed E-state index contributed by atoms with van der Waals surface area (Å²) in [6, 6.07) is 0. The summed E-state index contributed by atoms with van der Waals surface area (Å²) in [4.78, 5) is 0. The topological polar surface area (TPSA) is 27.1 Å². The molecule has 0 saturated carbocycles. The quantitative estimate of drug-likeness (QED) is 0.634. The van der Waals surface area contributed by atoms with E-state index in [9.17, 15) is 0 Å². The lowest BCUT2D eigenvalue weighted by Crippen LogP contribution is -2.10. The Morgan fingerprint density at radius 3 is 3.08 bits per heavy atom. The molecule has 12 heavy (non-hydrogen) atoms. The summed E-state index contributed by atoms with van der Waals surface area (Å²) in [5.41, 5.74) is 1.22. The molecule has 2 heterocycles. The molecular weight excluding hydrogens is 152 g/mol. The minimum Gasteiger partial charge on any atom is -0.373 e. The third-order valence-electron chi connectivity index (χ3n) is 2.28. The molecule has 3 nitrogen and oxygen atoms in total. The maximum Gasteiger partial charge on any atom is 0.0855 e. The Bertz CT molecular complexity index is 251. The standard InChI is InChI=1S/C9H14N2O/c1-11-7-8(6-10-11)9-4-2-3-5-12-9/h6-7,9H,2-5H2,1H3/t9-/m1/s1. The van der Waals surface area contributed by atoms with Crippen molar-refractivity contribution >= 4 is 0 Å². The van der Waals surface area contributed by atoms with Gasteiger partial charge in [-0.25, -0.2) is 0 Å². The second-order valence-corrected chi connectivity index (χ2v) is 3.30. The van der Waals surface area contributed by atoms with E-state index < -0.39 is 0 Å².